The van der Waals surface area contributed by atoms with Gasteiger partial charge in [-0.2, -0.15) is 0 Å². The largest absolute Gasteiger partial charge is 0.422 e. The van der Waals surface area contributed by atoms with Crippen molar-refractivity contribution < 1.29 is 23.9 Å². The standard InChI is InChI=1S/C21H25NO5/c1-11(2)20(24)26-17-9-14-7-6-8-15(19(23)13(5)22)16(14)10-18(17)27-21(25)12(3)4/h6-13H,22H2,1-5H3. The zero-order valence-electron chi connectivity index (χ0n) is 16.2. The van der Waals surface area contributed by atoms with Crippen LogP contribution in [0.15, 0.2) is 30.3 Å². The van der Waals surface area contributed by atoms with Crippen molar-refractivity contribution in [3.63, 3.8) is 0 Å². The number of hydrogen-bond acceptors (Lipinski definition) is 6. The second-order valence-electron chi connectivity index (χ2n) is 7.13. The molecule has 1 atom stereocenters. The Kier molecular flexibility index (Phi) is 6.33. The van der Waals surface area contributed by atoms with Gasteiger partial charge in [-0.15, -0.1) is 0 Å². The van der Waals surface area contributed by atoms with Crippen LogP contribution in [0.1, 0.15) is 45.0 Å². The maximum absolute atomic E-state index is 12.4. The Balaban J connectivity index is 2.64. The van der Waals surface area contributed by atoms with E-state index in [4.69, 9.17) is 15.2 Å². The zero-order valence-corrected chi connectivity index (χ0v) is 16.2. The summed E-state index contributed by atoms with van der Waals surface area (Å²) in [5.74, 6) is -1.61. The summed E-state index contributed by atoms with van der Waals surface area (Å²) in [6, 6.07) is 7.66. The number of fused-ring (bicyclic) bond motifs is 1. The Morgan fingerprint density at radius 3 is 1.85 bits per heavy atom. The minimum Gasteiger partial charge on any atom is -0.422 e. The van der Waals surface area contributed by atoms with Crippen LogP contribution in [0.3, 0.4) is 0 Å². The summed E-state index contributed by atoms with van der Waals surface area (Å²) in [5.41, 5.74) is 6.16. The molecular weight excluding hydrogens is 346 g/mol. The number of carbonyl (C=O) groups excluding carboxylic acids is 3. The highest BCUT2D eigenvalue weighted by Gasteiger charge is 2.21. The van der Waals surface area contributed by atoms with Crippen LogP contribution in [-0.4, -0.2) is 23.8 Å². The fourth-order valence-electron chi connectivity index (χ4n) is 2.36. The van der Waals surface area contributed by atoms with Crippen LogP contribution in [0, 0.1) is 11.8 Å². The van der Waals surface area contributed by atoms with Gasteiger partial charge in [0.25, 0.3) is 0 Å². The first-order valence-electron chi connectivity index (χ1n) is 8.91. The molecule has 1 unspecified atom stereocenters. The third-order valence-electron chi connectivity index (χ3n) is 3.99. The number of carbonyl (C=O) groups is 3. The molecule has 0 aromatic heterocycles. The summed E-state index contributed by atoms with van der Waals surface area (Å²) in [6.07, 6.45) is 0. The minimum absolute atomic E-state index is 0.0973. The van der Waals surface area contributed by atoms with Gasteiger partial charge in [0, 0.05) is 5.56 Å². The van der Waals surface area contributed by atoms with Gasteiger partial charge in [0.15, 0.2) is 17.3 Å². The third-order valence-corrected chi connectivity index (χ3v) is 3.99. The normalized spacial score (nSPS) is 12.3. The molecule has 0 aliphatic heterocycles. The zero-order chi connectivity index (χ0) is 20.3. The molecule has 0 spiro atoms. The second kappa shape index (κ2) is 8.31. The van der Waals surface area contributed by atoms with Crippen LogP contribution < -0.4 is 15.2 Å². The Bertz CT molecular complexity index is 884. The number of esters is 2. The van der Waals surface area contributed by atoms with Crippen molar-refractivity contribution in [2.45, 2.75) is 40.7 Å². The number of benzene rings is 2. The quantitative estimate of drug-likeness (QED) is 0.474. The molecule has 2 rings (SSSR count). The number of ether oxygens (including phenoxy) is 2. The van der Waals surface area contributed by atoms with E-state index in [2.05, 4.69) is 0 Å². The highest BCUT2D eigenvalue weighted by atomic mass is 16.6. The average Bonchev–Trinajstić information content (AvgIpc) is 2.60. The van der Waals surface area contributed by atoms with Crippen molar-refractivity contribution in [2.75, 3.05) is 0 Å². The molecule has 0 bridgehead atoms. The summed E-state index contributed by atoms with van der Waals surface area (Å²) in [5, 5.41) is 1.26. The predicted octanol–water partition coefficient (Wildman–Crippen LogP) is 3.49. The lowest BCUT2D eigenvalue weighted by Gasteiger charge is -2.15. The molecule has 0 heterocycles. The summed E-state index contributed by atoms with van der Waals surface area (Å²) in [4.78, 5) is 36.6. The molecule has 2 N–H and O–H groups in total. The van der Waals surface area contributed by atoms with Crippen molar-refractivity contribution in [3.8, 4) is 11.5 Å². The fraction of sp³-hybridized carbons (Fsp3) is 0.381. The highest BCUT2D eigenvalue weighted by molar-refractivity contribution is 6.11. The first-order valence-corrected chi connectivity index (χ1v) is 8.91. The lowest BCUT2D eigenvalue weighted by atomic mass is 9.98. The Labute approximate surface area is 158 Å². The monoisotopic (exact) mass is 371 g/mol. The molecule has 144 valence electrons. The van der Waals surface area contributed by atoms with E-state index < -0.39 is 18.0 Å². The van der Waals surface area contributed by atoms with E-state index >= 15 is 0 Å². The number of Topliss-reactive ketones (excluding diaryl/α,β-unsaturated/α-hetero) is 1. The van der Waals surface area contributed by atoms with E-state index in [9.17, 15) is 14.4 Å². The first kappa shape index (κ1) is 20.6. The van der Waals surface area contributed by atoms with E-state index in [0.717, 1.165) is 0 Å². The number of rotatable bonds is 6. The predicted molar refractivity (Wildman–Crippen MR) is 103 cm³/mol. The second-order valence-corrected chi connectivity index (χ2v) is 7.13. The third kappa shape index (κ3) is 4.71. The number of nitrogens with two attached hydrogens (primary N) is 1. The van der Waals surface area contributed by atoms with E-state index in [1.165, 1.54) is 0 Å². The van der Waals surface area contributed by atoms with Crippen molar-refractivity contribution in [1.82, 2.24) is 0 Å². The van der Waals surface area contributed by atoms with Gasteiger partial charge in [-0.05, 0) is 29.8 Å². The van der Waals surface area contributed by atoms with Crippen molar-refractivity contribution >= 4 is 28.5 Å². The van der Waals surface area contributed by atoms with Gasteiger partial charge in [0.2, 0.25) is 0 Å². The van der Waals surface area contributed by atoms with Gasteiger partial charge in [-0.3, -0.25) is 14.4 Å². The van der Waals surface area contributed by atoms with Crippen LogP contribution in [0.4, 0.5) is 0 Å². The molecule has 2 aromatic rings. The maximum Gasteiger partial charge on any atom is 0.313 e. The molecule has 0 aliphatic rings. The highest BCUT2D eigenvalue weighted by Crippen LogP contribution is 2.35. The van der Waals surface area contributed by atoms with Gasteiger partial charge in [-0.25, -0.2) is 0 Å². The van der Waals surface area contributed by atoms with Crippen molar-refractivity contribution in [3.05, 3.63) is 35.9 Å². The van der Waals surface area contributed by atoms with Gasteiger partial charge in [-0.1, -0.05) is 45.9 Å². The Morgan fingerprint density at radius 2 is 1.37 bits per heavy atom. The van der Waals surface area contributed by atoms with Gasteiger partial charge >= 0.3 is 11.9 Å². The molecule has 0 radical (unpaired) electrons. The fourth-order valence-corrected chi connectivity index (χ4v) is 2.36. The van der Waals surface area contributed by atoms with E-state index in [0.29, 0.717) is 16.3 Å². The van der Waals surface area contributed by atoms with Crippen LogP contribution in [-0.2, 0) is 9.59 Å². The minimum atomic E-state index is -0.671. The topological polar surface area (TPSA) is 95.7 Å². The molecule has 0 aliphatic carbocycles. The van der Waals surface area contributed by atoms with Crippen LogP contribution in [0.5, 0.6) is 11.5 Å². The van der Waals surface area contributed by atoms with E-state index in [1.54, 1.807) is 65.0 Å². The van der Waals surface area contributed by atoms with Crippen LogP contribution >= 0.6 is 0 Å². The Morgan fingerprint density at radius 1 is 0.852 bits per heavy atom. The van der Waals surface area contributed by atoms with E-state index in [-0.39, 0.29) is 29.1 Å². The van der Waals surface area contributed by atoms with Crippen LogP contribution in [0.25, 0.3) is 10.8 Å². The van der Waals surface area contributed by atoms with Gasteiger partial charge < -0.3 is 15.2 Å². The molecular formula is C21H25NO5. The smallest absolute Gasteiger partial charge is 0.313 e. The van der Waals surface area contributed by atoms with Crippen LogP contribution in [0.2, 0.25) is 0 Å². The lowest BCUT2D eigenvalue weighted by molar-refractivity contribution is -0.140. The SMILES string of the molecule is CC(C)C(=O)Oc1cc2cccc(C(=O)C(C)N)c2cc1OC(=O)C(C)C. The van der Waals surface area contributed by atoms with E-state index in [1.807, 2.05) is 0 Å². The molecule has 6 nitrogen and oxygen atoms in total. The summed E-state index contributed by atoms with van der Waals surface area (Å²) in [6.45, 7) is 8.44. The summed E-state index contributed by atoms with van der Waals surface area (Å²) >= 11 is 0. The molecule has 0 fully saturated rings. The van der Waals surface area contributed by atoms with Gasteiger partial charge in [0.05, 0.1) is 17.9 Å². The number of ketones is 1. The summed E-state index contributed by atoms with van der Waals surface area (Å²) < 4.78 is 10.8. The molecule has 0 saturated heterocycles. The van der Waals surface area contributed by atoms with Crippen molar-refractivity contribution in [2.24, 2.45) is 17.6 Å². The first-order chi connectivity index (χ1) is 12.6. The maximum atomic E-state index is 12.4. The average molecular weight is 371 g/mol. The molecule has 27 heavy (non-hydrogen) atoms. The number of hydrogen-bond donors (Lipinski definition) is 1. The molecule has 6 heteroatoms. The summed E-state index contributed by atoms with van der Waals surface area (Å²) in [7, 11) is 0. The van der Waals surface area contributed by atoms with Crippen molar-refractivity contribution in [1.29, 1.82) is 0 Å². The van der Waals surface area contributed by atoms with Gasteiger partial charge in [0.1, 0.15) is 0 Å². The Hall–Kier alpha value is -2.73. The molecule has 0 amide bonds. The molecule has 0 saturated carbocycles. The molecule has 2 aromatic carbocycles. The lowest BCUT2D eigenvalue weighted by Crippen LogP contribution is -2.26.